The van der Waals surface area contributed by atoms with E-state index in [2.05, 4.69) is 38.1 Å². The van der Waals surface area contributed by atoms with E-state index in [1.54, 1.807) is 19.0 Å². The summed E-state index contributed by atoms with van der Waals surface area (Å²) in [6, 6.07) is 16.5. The van der Waals surface area contributed by atoms with Crippen molar-refractivity contribution in [2.45, 2.75) is 20.3 Å². The maximum atomic E-state index is 11.9. The molecule has 0 bridgehead atoms. The first-order valence-corrected chi connectivity index (χ1v) is 7.38. The molecule has 0 aromatic heterocycles. The molecule has 0 fully saturated rings. The molecule has 0 saturated carbocycles. The van der Waals surface area contributed by atoms with Crippen LogP contribution in [0.15, 0.2) is 48.5 Å². The van der Waals surface area contributed by atoms with Crippen LogP contribution >= 0.6 is 0 Å². The highest BCUT2D eigenvalue weighted by atomic mass is 16.2. The fraction of sp³-hybridized carbons (Fsp3) is 0.316. The van der Waals surface area contributed by atoms with Crippen molar-refractivity contribution in [3.05, 3.63) is 59.7 Å². The van der Waals surface area contributed by atoms with Crippen LogP contribution < -0.4 is 0 Å². The molecule has 0 unspecified atom stereocenters. The number of benzene rings is 2. The zero-order valence-corrected chi connectivity index (χ0v) is 13.3. The van der Waals surface area contributed by atoms with Gasteiger partial charge < -0.3 is 4.90 Å². The van der Waals surface area contributed by atoms with Crippen molar-refractivity contribution in [2.24, 2.45) is 5.92 Å². The highest BCUT2D eigenvalue weighted by Crippen LogP contribution is 2.22. The maximum absolute atomic E-state index is 11.9. The van der Waals surface area contributed by atoms with Gasteiger partial charge in [-0.15, -0.1) is 0 Å². The SMILES string of the molecule is CC(C)Cc1cccc(-c2ccc(C(=O)N(C)C)cc2)c1. The second-order valence-corrected chi connectivity index (χ2v) is 6.08. The Morgan fingerprint density at radius 3 is 2.24 bits per heavy atom. The predicted octanol–water partition coefficient (Wildman–Crippen LogP) is 4.25. The number of carbonyl (C=O) groups is 1. The summed E-state index contributed by atoms with van der Waals surface area (Å²) in [7, 11) is 3.54. The van der Waals surface area contributed by atoms with Gasteiger partial charge in [-0.1, -0.05) is 50.2 Å². The third kappa shape index (κ3) is 3.94. The van der Waals surface area contributed by atoms with E-state index in [-0.39, 0.29) is 5.91 Å². The summed E-state index contributed by atoms with van der Waals surface area (Å²) < 4.78 is 0. The van der Waals surface area contributed by atoms with Gasteiger partial charge in [0.1, 0.15) is 0 Å². The monoisotopic (exact) mass is 281 g/mol. The molecule has 1 amide bonds. The largest absolute Gasteiger partial charge is 0.345 e. The van der Waals surface area contributed by atoms with Crippen molar-refractivity contribution in [3.8, 4) is 11.1 Å². The van der Waals surface area contributed by atoms with E-state index in [4.69, 9.17) is 0 Å². The summed E-state index contributed by atoms with van der Waals surface area (Å²) in [5, 5.41) is 0. The first-order valence-electron chi connectivity index (χ1n) is 7.38. The Bertz CT molecular complexity index is 612. The summed E-state index contributed by atoms with van der Waals surface area (Å²) in [5.74, 6) is 0.690. The minimum atomic E-state index is 0.0371. The fourth-order valence-electron chi connectivity index (χ4n) is 2.41. The Balaban J connectivity index is 2.24. The van der Waals surface area contributed by atoms with Gasteiger partial charge in [-0.3, -0.25) is 4.79 Å². The van der Waals surface area contributed by atoms with Crippen LogP contribution in [-0.4, -0.2) is 24.9 Å². The zero-order valence-electron chi connectivity index (χ0n) is 13.3. The zero-order chi connectivity index (χ0) is 15.4. The molecule has 2 rings (SSSR count). The molecule has 0 radical (unpaired) electrons. The van der Waals surface area contributed by atoms with Crippen LogP contribution in [-0.2, 0) is 6.42 Å². The molecule has 0 spiro atoms. The molecule has 0 aliphatic carbocycles. The van der Waals surface area contributed by atoms with Gasteiger partial charge in [0.25, 0.3) is 5.91 Å². The van der Waals surface area contributed by atoms with Crippen molar-refractivity contribution >= 4 is 5.91 Å². The number of rotatable bonds is 4. The van der Waals surface area contributed by atoms with E-state index in [0.29, 0.717) is 5.92 Å². The summed E-state index contributed by atoms with van der Waals surface area (Å²) in [5.41, 5.74) is 4.44. The molecule has 0 heterocycles. The third-order valence-corrected chi connectivity index (χ3v) is 3.44. The van der Waals surface area contributed by atoms with Crippen LogP contribution in [0, 0.1) is 5.92 Å². The van der Waals surface area contributed by atoms with Crippen molar-refractivity contribution in [1.82, 2.24) is 4.90 Å². The fourth-order valence-corrected chi connectivity index (χ4v) is 2.41. The van der Waals surface area contributed by atoms with Crippen LogP contribution in [0.5, 0.6) is 0 Å². The van der Waals surface area contributed by atoms with E-state index in [1.165, 1.54) is 11.1 Å². The number of amides is 1. The molecule has 21 heavy (non-hydrogen) atoms. The highest BCUT2D eigenvalue weighted by molar-refractivity contribution is 5.94. The Kier molecular flexibility index (Phi) is 4.79. The number of hydrogen-bond donors (Lipinski definition) is 0. The number of nitrogens with zero attached hydrogens (tertiary/aromatic N) is 1. The summed E-state index contributed by atoms with van der Waals surface area (Å²) in [6.45, 7) is 4.46. The Hall–Kier alpha value is -2.09. The molecule has 0 aliphatic rings. The third-order valence-electron chi connectivity index (χ3n) is 3.44. The minimum absolute atomic E-state index is 0.0371. The number of carbonyl (C=O) groups excluding carboxylic acids is 1. The van der Waals surface area contributed by atoms with Crippen LogP contribution in [0.1, 0.15) is 29.8 Å². The summed E-state index contributed by atoms with van der Waals surface area (Å²) in [6.07, 6.45) is 1.09. The van der Waals surface area contributed by atoms with Gasteiger partial charge in [0.15, 0.2) is 0 Å². The van der Waals surface area contributed by atoms with Crippen LogP contribution in [0.4, 0.5) is 0 Å². The van der Waals surface area contributed by atoms with Crippen molar-refractivity contribution in [2.75, 3.05) is 14.1 Å². The Morgan fingerprint density at radius 1 is 1.00 bits per heavy atom. The lowest BCUT2D eigenvalue weighted by atomic mass is 9.97. The standard InChI is InChI=1S/C19H23NO/c1-14(2)12-15-6-5-7-18(13-15)16-8-10-17(11-9-16)19(21)20(3)4/h5-11,13-14H,12H2,1-4H3. The molecule has 0 saturated heterocycles. The second-order valence-electron chi connectivity index (χ2n) is 6.08. The average Bonchev–Trinajstić information content (AvgIpc) is 2.46. The van der Waals surface area contributed by atoms with Gasteiger partial charge in [-0.25, -0.2) is 0 Å². The van der Waals surface area contributed by atoms with Gasteiger partial charge in [-0.05, 0) is 41.2 Å². The second kappa shape index (κ2) is 6.57. The Morgan fingerprint density at radius 2 is 1.67 bits per heavy atom. The highest BCUT2D eigenvalue weighted by Gasteiger charge is 2.08. The van der Waals surface area contributed by atoms with Gasteiger partial charge in [0.2, 0.25) is 0 Å². The van der Waals surface area contributed by atoms with E-state index in [1.807, 2.05) is 24.3 Å². The van der Waals surface area contributed by atoms with Gasteiger partial charge >= 0.3 is 0 Å². The van der Waals surface area contributed by atoms with Gasteiger partial charge in [-0.2, -0.15) is 0 Å². The van der Waals surface area contributed by atoms with E-state index in [9.17, 15) is 4.79 Å². The summed E-state index contributed by atoms with van der Waals surface area (Å²) >= 11 is 0. The molecule has 0 atom stereocenters. The number of hydrogen-bond acceptors (Lipinski definition) is 1. The Labute approximate surface area is 127 Å². The topological polar surface area (TPSA) is 20.3 Å². The smallest absolute Gasteiger partial charge is 0.253 e. The molecule has 2 aromatic carbocycles. The maximum Gasteiger partial charge on any atom is 0.253 e. The first-order chi connectivity index (χ1) is 9.97. The minimum Gasteiger partial charge on any atom is -0.345 e. The van der Waals surface area contributed by atoms with E-state index < -0.39 is 0 Å². The quantitative estimate of drug-likeness (QED) is 0.820. The molecular weight excluding hydrogens is 258 g/mol. The van der Waals surface area contributed by atoms with Gasteiger partial charge in [0, 0.05) is 19.7 Å². The van der Waals surface area contributed by atoms with Gasteiger partial charge in [0.05, 0.1) is 0 Å². The molecule has 2 heteroatoms. The molecule has 110 valence electrons. The van der Waals surface area contributed by atoms with Crippen LogP contribution in [0.2, 0.25) is 0 Å². The average molecular weight is 281 g/mol. The molecule has 0 aliphatic heterocycles. The normalized spacial score (nSPS) is 10.7. The van der Waals surface area contributed by atoms with Crippen molar-refractivity contribution in [3.63, 3.8) is 0 Å². The molecular formula is C19H23NO. The predicted molar refractivity (Wildman–Crippen MR) is 88.4 cm³/mol. The van der Waals surface area contributed by atoms with Crippen molar-refractivity contribution in [1.29, 1.82) is 0 Å². The first kappa shape index (κ1) is 15.3. The lowest BCUT2D eigenvalue weighted by molar-refractivity contribution is 0.0827. The van der Waals surface area contributed by atoms with E-state index in [0.717, 1.165) is 17.5 Å². The van der Waals surface area contributed by atoms with Crippen LogP contribution in [0.25, 0.3) is 11.1 Å². The lowest BCUT2D eigenvalue weighted by Gasteiger charge is -2.11. The van der Waals surface area contributed by atoms with Crippen molar-refractivity contribution < 1.29 is 4.79 Å². The van der Waals surface area contributed by atoms with Crippen LogP contribution in [0.3, 0.4) is 0 Å². The molecule has 0 N–H and O–H groups in total. The van der Waals surface area contributed by atoms with E-state index >= 15 is 0 Å². The molecule has 2 nitrogen and oxygen atoms in total. The molecule has 2 aromatic rings. The summed E-state index contributed by atoms with van der Waals surface area (Å²) in [4.78, 5) is 13.5. The lowest BCUT2D eigenvalue weighted by Crippen LogP contribution is -2.21.